The second-order valence-corrected chi connectivity index (χ2v) is 4.15. The van der Waals surface area contributed by atoms with Gasteiger partial charge in [-0.05, 0) is 18.6 Å². The monoisotopic (exact) mass is 235 g/mol. The van der Waals surface area contributed by atoms with Gasteiger partial charge in [0.1, 0.15) is 6.04 Å². The number of hydrogen-bond donors (Lipinski definition) is 0. The number of benzene rings is 1. The van der Waals surface area contributed by atoms with Crippen LogP contribution in [-0.2, 0) is 9.53 Å². The number of thiocarbonyl (C=S) groups is 1. The van der Waals surface area contributed by atoms with Gasteiger partial charge in [-0.1, -0.05) is 30.4 Å². The minimum absolute atomic E-state index is 0.219. The van der Waals surface area contributed by atoms with Gasteiger partial charge in [0.25, 0.3) is 0 Å². The van der Waals surface area contributed by atoms with E-state index in [9.17, 15) is 4.79 Å². The normalized spacial score (nSPS) is 19.9. The van der Waals surface area contributed by atoms with Gasteiger partial charge in [-0.2, -0.15) is 0 Å². The molecule has 0 amide bonds. The number of methoxy groups -OCH3 is 1. The number of ether oxygens (including phenoxy) is 1. The summed E-state index contributed by atoms with van der Waals surface area (Å²) in [7, 11) is 1.41. The Kier molecular flexibility index (Phi) is 3.19. The molecule has 0 unspecified atom stereocenters. The molecule has 0 aromatic heterocycles. The lowest BCUT2D eigenvalue weighted by Crippen LogP contribution is -2.38. The Labute approximate surface area is 100 Å². The van der Waals surface area contributed by atoms with E-state index in [2.05, 4.69) is 0 Å². The standard InChI is InChI=1S/C12H13NO2S/c1-15-12(14)10-7-8-11(16)13(10)9-5-3-2-4-6-9/h2-6,10H,7-8H2,1H3/t10-/m0/s1. The van der Waals surface area contributed by atoms with E-state index in [0.717, 1.165) is 23.5 Å². The molecule has 0 spiro atoms. The fourth-order valence-electron chi connectivity index (χ4n) is 1.96. The van der Waals surface area contributed by atoms with Crippen molar-refractivity contribution in [2.45, 2.75) is 18.9 Å². The van der Waals surface area contributed by atoms with E-state index in [-0.39, 0.29) is 12.0 Å². The number of carbonyl (C=O) groups excluding carboxylic acids is 1. The van der Waals surface area contributed by atoms with Crippen LogP contribution in [-0.4, -0.2) is 24.1 Å². The molecule has 1 aromatic carbocycles. The Morgan fingerprint density at radius 2 is 2.12 bits per heavy atom. The number of anilines is 1. The van der Waals surface area contributed by atoms with Crippen LogP contribution in [0.5, 0.6) is 0 Å². The van der Waals surface area contributed by atoms with Crippen LogP contribution in [0.3, 0.4) is 0 Å². The fraction of sp³-hybridized carbons (Fsp3) is 0.333. The van der Waals surface area contributed by atoms with Crippen LogP contribution in [0.4, 0.5) is 5.69 Å². The lowest BCUT2D eigenvalue weighted by atomic mass is 10.2. The quantitative estimate of drug-likeness (QED) is 0.580. The molecule has 0 bridgehead atoms. The molecule has 1 saturated heterocycles. The van der Waals surface area contributed by atoms with E-state index >= 15 is 0 Å². The van der Waals surface area contributed by atoms with Crippen LogP contribution in [0.2, 0.25) is 0 Å². The second kappa shape index (κ2) is 4.61. The summed E-state index contributed by atoms with van der Waals surface area (Å²) in [4.78, 5) is 14.3. The van der Waals surface area contributed by atoms with Gasteiger partial charge in [-0.3, -0.25) is 0 Å². The fourth-order valence-corrected chi connectivity index (χ4v) is 2.31. The Balaban J connectivity index is 2.30. The zero-order valence-electron chi connectivity index (χ0n) is 9.05. The maximum absolute atomic E-state index is 11.6. The molecule has 1 fully saturated rings. The van der Waals surface area contributed by atoms with E-state index in [0.29, 0.717) is 0 Å². The Bertz CT molecular complexity index is 405. The number of carbonyl (C=O) groups is 1. The van der Waals surface area contributed by atoms with Crippen molar-refractivity contribution in [3.05, 3.63) is 30.3 Å². The molecule has 1 aromatic rings. The maximum Gasteiger partial charge on any atom is 0.328 e. The van der Waals surface area contributed by atoms with Crippen molar-refractivity contribution < 1.29 is 9.53 Å². The molecule has 4 heteroatoms. The lowest BCUT2D eigenvalue weighted by molar-refractivity contribution is -0.141. The van der Waals surface area contributed by atoms with Crippen molar-refractivity contribution in [3.8, 4) is 0 Å². The smallest absolute Gasteiger partial charge is 0.328 e. The van der Waals surface area contributed by atoms with Gasteiger partial charge in [-0.25, -0.2) is 4.79 Å². The summed E-state index contributed by atoms with van der Waals surface area (Å²) in [5.41, 5.74) is 0.959. The van der Waals surface area contributed by atoms with Gasteiger partial charge in [0.2, 0.25) is 0 Å². The second-order valence-electron chi connectivity index (χ2n) is 3.68. The van der Waals surface area contributed by atoms with Crippen LogP contribution in [0.25, 0.3) is 0 Å². The first-order valence-corrected chi connectivity index (χ1v) is 5.60. The summed E-state index contributed by atoms with van der Waals surface area (Å²) in [6.45, 7) is 0. The molecule has 84 valence electrons. The SMILES string of the molecule is COC(=O)[C@@H]1CCC(=S)N1c1ccccc1. The minimum atomic E-state index is -0.264. The lowest BCUT2D eigenvalue weighted by Gasteiger charge is -2.24. The van der Waals surface area contributed by atoms with Crippen LogP contribution >= 0.6 is 12.2 Å². The van der Waals surface area contributed by atoms with Crippen molar-refractivity contribution in [2.75, 3.05) is 12.0 Å². The maximum atomic E-state index is 11.6. The third-order valence-electron chi connectivity index (χ3n) is 2.72. The van der Waals surface area contributed by atoms with Gasteiger partial charge >= 0.3 is 5.97 Å². The van der Waals surface area contributed by atoms with Crippen molar-refractivity contribution in [2.24, 2.45) is 0 Å². The van der Waals surface area contributed by atoms with E-state index < -0.39 is 0 Å². The number of nitrogens with zero attached hydrogens (tertiary/aromatic N) is 1. The first kappa shape index (κ1) is 11.1. The third-order valence-corrected chi connectivity index (χ3v) is 3.12. The Morgan fingerprint density at radius 3 is 2.75 bits per heavy atom. The Hall–Kier alpha value is -1.42. The van der Waals surface area contributed by atoms with Crippen molar-refractivity contribution in [1.29, 1.82) is 0 Å². The molecule has 3 nitrogen and oxygen atoms in total. The largest absolute Gasteiger partial charge is 0.467 e. The molecule has 0 N–H and O–H groups in total. The highest BCUT2D eigenvalue weighted by Crippen LogP contribution is 2.27. The van der Waals surface area contributed by atoms with E-state index in [4.69, 9.17) is 17.0 Å². The summed E-state index contributed by atoms with van der Waals surface area (Å²) < 4.78 is 4.79. The predicted molar refractivity (Wildman–Crippen MR) is 66.6 cm³/mol. The summed E-state index contributed by atoms with van der Waals surface area (Å²) in [6, 6.07) is 9.45. The number of hydrogen-bond acceptors (Lipinski definition) is 3. The molecule has 1 atom stereocenters. The molecular formula is C12H13NO2S. The topological polar surface area (TPSA) is 29.5 Å². The van der Waals surface area contributed by atoms with Gasteiger partial charge in [0.15, 0.2) is 0 Å². The molecule has 1 aliphatic heterocycles. The zero-order valence-corrected chi connectivity index (χ0v) is 9.87. The molecule has 1 heterocycles. The highest BCUT2D eigenvalue weighted by Gasteiger charge is 2.35. The zero-order chi connectivity index (χ0) is 11.5. The molecule has 2 rings (SSSR count). The summed E-state index contributed by atoms with van der Waals surface area (Å²) in [6.07, 6.45) is 1.50. The number of para-hydroxylation sites is 1. The molecule has 16 heavy (non-hydrogen) atoms. The highest BCUT2D eigenvalue weighted by atomic mass is 32.1. The van der Waals surface area contributed by atoms with Crippen LogP contribution in [0, 0.1) is 0 Å². The molecule has 0 aliphatic carbocycles. The van der Waals surface area contributed by atoms with Gasteiger partial charge in [0.05, 0.1) is 12.1 Å². The molecule has 0 radical (unpaired) electrons. The predicted octanol–water partition coefficient (Wildman–Crippen LogP) is 2.16. The van der Waals surface area contributed by atoms with Crippen LogP contribution in [0.15, 0.2) is 30.3 Å². The van der Waals surface area contributed by atoms with Gasteiger partial charge < -0.3 is 9.64 Å². The molecule has 1 aliphatic rings. The average Bonchev–Trinajstić information content (AvgIpc) is 2.71. The van der Waals surface area contributed by atoms with Crippen LogP contribution in [0.1, 0.15) is 12.8 Å². The summed E-state index contributed by atoms with van der Waals surface area (Å²) in [5.74, 6) is -0.219. The Morgan fingerprint density at radius 1 is 1.44 bits per heavy atom. The average molecular weight is 235 g/mol. The minimum Gasteiger partial charge on any atom is -0.467 e. The van der Waals surface area contributed by atoms with E-state index in [1.807, 2.05) is 35.2 Å². The van der Waals surface area contributed by atoms with Crippen molar-refractivity contribution >= 4 is 28.9 Å². The van der Waals surface area contributed by atoms with E-state index in [1.165, 1.54) is 7.11 Å². The summed E-state index contributed by atoms with van der Waals surface area (Å²) >= 11 is 5.28. The number of rotatable bonds is 2. The van der Waals surface area contributed by atoms with E-state index in [1.54, 1.807) is 0 Å². The summed E-state index contributed by atoms with van der Waals surface area (Å²) in [5, 5.41) is 0. The van der Waals surface area contributed by atoms with Crippen molar-refractivity contribution in [1.82, 2.24) is 0 Å². The first-order chi connectivity index (χ1) is 7.74. The highest BCUT2D eigenvalue weighted by molar-refractivity contribution is 7.80. The van der Waals surface area contributed by atoms with Gasteiger partial charge in [0, 0.05) is 12.1 Å². The molecular weight excluding hydrogens is 222 g/mol. The van der Waals surface area contributed by atoms with Crippen molar-refractivity contribution in [3.63, 3.8) is 0 Å². The number of esters is 1. The molecule has 0 saturated carbocycles. The first-order valence-electron chi connectivity index (χ1n) is 5.19. The third kappa shape index (κ3) is 1.93. The van der Waals surface area contributed by atoms with Crippen LogP contribution < -0.4 is 4.90 Å². The van der Waals surface area contributed by atoms with Gasteiger partial charge in [-0.15, -0.1) is 0 Å².